The van der Waals surface area contributed by atoms with E-state index in [1.807, 2.05) is 0 Å². The molecule has 54 heavy (non-hydrogen) atoms. The average molecular weight is 690 g/mol. The molecule has 0 aliphatic heterocycles. The lowest BCUT2D eigenvalue weighted by molar-refractivity contribution is 0.660. The number of anilines is 3. The van der Waals surface area contributed by atoms with E-state index in [9.17, 15) is 0 Å². The number of benzene rings is 9. The highest BCUT2D eigenvalue weighted by atomic mass is 15.1. The normalized spacial score (nSPS) is 12.8. The Bertz CT molecular complexity index is 2790. The number of fused-ring (bicyclic) bond motifs is 5. The summed E-state index contributed by atoms with van der Waals surface area (Å²) < 4.78 is 0. The van der Waals surface area contributed by atoms with Gasteiger partial charge in [0.05, 0.1) is 5.69 Å². The van der Waals surface area contributed by atoms with Crippen molar-refractivity contribution in [2.75, 3.05) is 4.90 Å². The zero-order chi connectivity index (χ0) is 36.2. The van der Waals surface area contributed by atoms with Crippen LogP contribution >= 0.6 is 0 Å². The van der Waals surface area contributed by atoms with E-state index in [0.29, 0.717) is 0 Å². The lowest BCUT2D eigenvalue weighted by Gasteiger charge is -2.31. The van der Waals surface area contributed by atoms with E-state index >= 15 is 0 Å². The van der Waals surface area contributed by atoms with Gasteiger partial charge in [-0.3, -0.25) is 0 Å². The van der Waals surface area contributed by atoms with Crippen molar-refractivity contribution in [3.8, 4) is 44.5 Å². The van der Waals surface area contributed by atoms with Crippen LogP contribution in [0.4, 0.5) is 17.1 Å². The van der Waals surface area contributed by atoms with Crippen molar-refractivity contribution in [3.05, 3.63) is 211 Å². The lowest BCUT2D eigenvalue weighted by Crippen LogP contribution is -2.17. The molecule has 1 heteroatoms. The Hall–Kier alpha value is -6.70. The Kier molecular flexibility index (Phi) is 7.56. The van der Waals surface area contributed by atoms with Crippen molar-refractivity contribution < 1.29 is 0 Å². The Labute approximate surface area is 317 Å². The van der Waals surface area contributed by atoms with Crippen LogP contribution < -0.4 is 4.90 Å². The zero-order valence-electron chi connectivity index (χ0n) is 30.5. The highest BCUT2D eigenvalue weighted by Crippen LogP contribution is 2.52. The maximum absolute atomic E-state index is 2.51. The van der Waals surface area contributed by atoms with Gasteiger partial charge in [0.1, 0.15) is 0 Å². The maximum atomic E-state index is 2.51. The second kappa shape index (κ2) is 12.8. The Morgan fingerprint density at radius 2 is 0.944 bits per heavy atom. The number of rotatable bonds is 6. The SMILES string of the molecule is CC1(C)c2ccccc2-c2ccc(N(c3cc(-c4ccccc4)cc(-c4ccccc4)c3)c3ccc4ccccc4c3-c3ccc4ccccc4c3)cc21. The largest absolute Gasteiger partial charge is 0.310 e. The molecular weight excluding hydrogens is 651 g/mol. The number of nitrogens with zero attached hydrogens (tertiary/aromatic N) is 1. The van der Waals surface area contributed by atoms with E-state index in [1.54, 1.807) is 0 Å². The highest BCUT2D eigenvalue weighted by molar-refractivity contribution is 6.07. The molecule has 0 bridgehead atoms. The first kappa shape index (κ1) is 32.0. The van der Waals surface area contributed by atoms with E-state index in [4.69, 9.17) is 0 Å². The van der Waals surface area contributed by atoms with Gasteiger partial charge < -0.3 is 4.90 Å². The van der Waals surface area contributed by atoms with Gasteiger partial charge in [0.25, 0.3) is 0 Å². The first-order chi connectivity index (χ1) is 26.5. The Balaban J connectivity index is 1.29. The fourth-order valence-electron chi connectivity index (χ4n) is 8.69. The standard InChI is InChI=1S/C53H39N/c1-53(2)49-24-14-13-23-47(49)48-29-28-44(35-50(48)53)54(45-33-42(36-15-5-3-6-16-36)32-43(34-45)37-17-7-4-8-18-37)51-30-27-39-20-11-12-22-46(39)52(51)41-26-25-38-19-9-10-21-40(38)31-41/h3-35H,1-2H3. The summed E-state index contributed by atoms with van der Waals surface area (Å²) in [5.74, 6) is 0. The smallest absolute Gasteiger partial charge is 0.0546 e. The van der Waals surface area contributed by atoms with Crippen LogP contribution in [0.25, 0.3) is 66.1 Å². The van der Waals surface area contributed by atoms with E-state index in [1.165, 1.54) is 77.2 Å². The molecule has 9 aromatic rings. The van der Waals surface area contributed by atoms with Crippen molar-refractivity contribution in [2.24, 2.45) is 0 Å². The monoisotopic (exact) mass is 689 g/mol. The van der Waals surface area contributed by atoms with Crippen LogP contribution in [0.3, 0.4) is 0 Å². The quantitative estimate of drug-likeness (QED) is 0.168. The molecule has 0 saturated carbocycles. The molecule has 0 fully saturated rings. The molecule has 256 valence electrons. The third-order valence-electron chi connectivity index (χ3n) is 11.4. The molecule has 10 rings (SSSR count). The van der Waals surface area contributed by atoms with Gasteiger partial charge in [-0.15, -0.1) is 0 Å². The number of hydrogen-bond donors (Lipinski definition) is 0. The van der Waals surface area contributed by atoms with Crippen LogP contribution in [-0.2, 0) is 5.41 Å². The summed E-state index contributed by atoms with van der Waals surface area (Å²) in [4.78, 5) is 2.51. The summed E-state index contributed by atoms with van der Waals surface area (Å²) in [7, 11) is 0. The predicted molar refractivity (Wildman–Crippen MR) is 230 cm³/mol. The molecule has 0 spiro atoms. The molecule has 1 aliphatic rings. The van der Waals surface area contributed by atoms with Crippen LogP contribution in [0.1, 0.15) is 25.0 Å². The summed E-state index contributed by atoms with van der Waals surface area (Å²) >= 11 is 0. The molecule has 0 amide bonds. The molecule has 9 aromatic carbocycles. The first-order valence-corrected chi connectivity index (χ1v) is 18.8. The van der Waals surface area contributed by atoms with Crippen molar-refractivity contribution in [1.82, 2.24) is 0 Å². The van der Waals surface area contributed by atoms with Crippen molar-refractivity contribution in [2.45, 2.75) is 19.3 Å². The summed E-state index contributed by atoms with van der Waals surface area (Å²) in [5, 5.41) is 4.92. The molecular formula is C53H39N. The van der Waals surface area contributed by atoms with Crippen LogP contribution in [0.5, 0.6) is 0 Å². The first-order valence-electron chi connectivity index (χ1n) is 18.8. The summed E-state index contributed by atoms with van der Waals surface area (Å²) in [5.41, 5.74) is 15.8. The molecule has 0 aromatic heterocycles. The van der Waals surface area contributed by atoms with Gasteiger partial charge in [0.2, 0.25) is 0 Å². The van der Waals surface area contributed by atoms with E-state index in [2.05, 4.69) is 219 Å². The van der Waals surface area contributed by atoms with Crippen LogP contribution in [0, 0.1) is 0 Å². The van der Waals surface area contributed by atoms with Crippen molar-refractivity contribution in [3.63, 3.8) is 0 Å². The van der Waals surface area contributed by atoms with Crippen LogP contribution in [-0.4, -0.2) is 0 Å². The molecule has 0 N–H and O–H groups in total. The van der Waals surface area contributed by atoms with E-state index in [-0.39, 0.29) is 5.41 Å². The third kappa shape index (κ3) is 5.32. The molecule has 0 unspecified atom stereocenters. The van der Waals surface area contributed by atoms with Crippen LogP contribution in [0.2, 0.25) is 0 Å². The fourth-order valence-corrected chi connectivity index (χ4v) is 8.69. The molecule has 0 heterocycles. The topological polar surface area (TPSA) is 3.24 Å². The highest BCUT2D eigenvalue weighted by Gasteiger charge is 2.36. The van der Waals surface area contributed by atoms with Gasteiger partial charge in [-0.1, -0.05) is 172 Å². The van der Waals surface area contributed by atoms with Crippen molar-refractivity contribution >= 4 is 38.6 Å². The summed E-state index contributed by atoms with van der Waals surface area (Å²) in [6.45, 7) is 4.73. The molecule has 0 saturated heterocycles. The van der Waals surface area contributed by atoms with Gasteiger partial charge in [-0.2, -0.15) is 0 Å². The van der Waals surface area contributed by atoms with Crippen LogP contribution in [0.15, 0.2) is 200 Å². The Morgan fingerprint density at radius 1 is 0.352 bits per heavy atom. The lowest BCUT2D eigenvalue weighted by atomic mass is 9.82. The summed E-state index contributed by atoms with van der Waals surface area (Å²) in [6.07, 6.45) is 0. The third-order valence-corrected chi connectivity index (χ3v) is 11.4. The molecule has 1 nitrogen and oxygen atoms in total. The molecule has 0 radical (unpaired) electrons. The minimum Gasteiger partial charge on any atom is -0.310 e. The summed E-state index contributed by atoms with van der Waals surface area (Å²) in [6, 6.07) is 73.6. The van der Waals surface area contributed by atoms with Gasteiger partial charge in [0, 0.05) is 22.4 Å². The maximum Gasteiger partial charge on any atom is 0.0546 e. The van der Waals surface area contributed by atoms with Gasteiger partial charge in [0.15, 0.2) is 0 Å². The molecule has 0 atom stereocenters. The minimum absolute atomic E-state index is 0.140. The van der Waals surface area contributed by atoms with E-state index < -0.39 is 0 Å². The predicted octanol–water partition coefficient (Wildman–Crippen LogP) is 14.8. The number of hydrogen-bond acceptors (Lipinski definition) is 1. The average Bonchev–Trinajstić information content (AvgIpc) is 3.46. The fraction of sp³-hybridized carbons (Fsp3) is 0.0566. The van der Waals surface area contributed by atoms with Gasteiger partial charge in [-0.25, -0.2) is 0 Å². The minimum atomic E-state index is -0.140. The van der Waals surface area contributed by atoms with Gasteiger partial charge in [-0.05, 0) is 114 Å². The second-order valence-corrected chi connectivity index (χ2v) is 15.0. The Morgan fingerprint density at radius 3 is 1.69 bits per heavy atom. The second-order valence-electron chi connectivity index (χ2n) is 15.0. The van der Waals surface area contributed by atoms with E-state index in [0.717, 1.165) is 17.1 Å². The van der Waals surface area contributed by atoms with Crippen molar-refractivity contribution in [1.29, 1.82) is 0 Å². The van der Waals surface area contributed by atoms with Gasteiger partial charge >= 0.3 is 0 Å². The molecule has 1 aliphatic carbocycles. The zero-order valence-corrected chi connectivity index (χ0v) is 30.5.